The van der Waals surface area contributed by atoms with Crippen molar-refractivity contribution >= 4 is 35.5 Å². The lowest BCUT2D eigenvalue weighted by molar-refractivity contribution is -0.113. The predicted octanol–water partition coefficient (Wildman–Crippen LogP) is 4.86. The summed E-state index contributed by atoms with van der Waals surface area (Å²) in [6, 6.07) is 26.1. The number of carbonyl (C=O) groups excluding carboxylic acids is 1. The molecule has 0 spiro atoms. The second-order valence-corrected chi connectivity index (χ2v) is 7.83. The molecule has 0 aliphatic rings. The summed E-state index contributed by atoms with van der Waals surface area (Å²) >= 11 is 1.10. The third-order valence-electron chi connectivity index (χ3n) is 4.39. The smallest absolute Gasteiger partial charge is 0.277 e. The van der Waals surface area contributed by atoms with Gasteiger partial charge in [0.05, 0.1) is 5.75 Å². The van der Waals surface area contributed by atoms with Crippen LogP contribution in [0.3, 0.4) is 0 Å². The first-order valence-corrected chi connectivity index (χ1v) is 11.1. The van der Waals surface area contributed by atoms with E-state index in [9.17, 15) is 9.59 Å². The Bertz CT molecular complexity index is 1290. The van der Waals surface area contributed by atoms with Crippen molar-refractivity contribution in [3.8, 4) is 11.5 Å². The molecule has 7 nitrogen and oxygen atoms in total. The average Bonchev–Trinajstić information content (AvgIpc) is 2.85. The van der Waals surface area contributed by atoms with Crippen molar-refractivity contribution < 1.29 is 9.53 Å². The molecule has 0 atom stereocenters. The number of aromatic amines is 1. The fraction of sp³-hybridized carbons (Fsp3) is 0.0400. The predicted molar refractivity (Wildman–Crippen MR) is 130 cm³/mol. The molecule has 0 aliphatic carbocycles. The van der Waals surface area contributed by atoms with Gasteiger partial charge in [-0.3, -0.25) is 14.6 Å². The Morgan fingerprint density at radius 1 is 0.879 bits per heavy atom. The highest BCUT2D eigenvalue weighted by Gasteiger charge is 2.08. The van der Waals surface area contributed by atoms with Crippen LogP contribution in [0.2, 0.25) is 0 Å². The van der Waals surface area contributed by atoms with Crippen molar-refractivity contribution in [2.75, 3.05) is 11.1 Å². The molecule has 4 rings (SSSR count). The number of nitrogens with one attached hydrogen (secondary N) is 2. The number of ether oxygens (including phenoxy) is 1. The van der Waals surface area contributed by atoms with Gasteiger partial charge >= 0.3 is 0 Å². The maximum atomic E-state index is 12.3. The summed E-state index contributed by atoms with van der Waals surface area (Å²) in [7, 11) is 0. The summed E-state index contributed by atoms with van der Waals surface area (Å²) in [5.41, 5.74) is 1.43. The van der Waals surface area contributed by atoms with Gasteiger partial charge in [0.1, 0.15) is 11.5 Å². The van der Waals surface area contributed by atoms with Crippen molar-refractivity contribution in [2.24, 2.45) is 0 Å². The number of nitrogens with zero attached hydrogens (tertiary/aromatic N) is 2. The SMILES string of the molecule is O=C(CSc1nnc(/C=C/c2ccccc2)c(=O)[nH]1)Nc1ccc(Oc2ccccc2)cc1. The van der Waals surface area contributed by atoms with Crippen LogP contribution in [0.5, 0.6) is 11.5 Å². The van der Waals surface area contributed by atoms with Crippen molar-refractivity contribution in [3.63, 3.8) is 0 Å². The van der Waals surface area contributed by atoms with Crippen LogP contribution in [-0.2, 0) is 4.79 Å². The lowest BCUT2D eigenvalue weighted by Gasteiger charge is -2.08. The van der Waals surface area contributed by atoms with E-state index >= 15 is 0 Å². The Morgan fingerprint density at radius 3 is 2.24 bits per heavy atom. The molecule has 0 radical (unpaired) electrons. The van der Waals surface area contributed by atoms with Gasteiger partial charge in [0.2, 0.25) is 5.91 Å². The second kappa shape index (κ2) is 10.9. The molecule has 1 amide bonds. The van der Waals surface area contributed by atoms with Crippen LogP contribution in [0.15, 0.2) is 94.9 Å². The fourth-order valence-corrected chi connectivity index (χ4v) is 3.41. The number of benzene rings is 3. The topological polar surface area (TPSA) is 97.0 Å². The van der Waals surface area contributed by atoms with Crippen LogP contribution in [0.25, 0.3) is 12.2 Å². The Labute approximate surface area is 194 Å². The number of hydrogen-bond donors (Lipinski definition) is 2. The van der Waals surface area contributed by atoms with Gasteiger partial charge in [-0.25, -0.2) is 0 Å². The number of aromatic nitrogens is 3. The Kier molecular flexibility index (Phi) is 7.29. The quantitative estimate of drug-likeness (QED) is 0.368. The van der Waals surface area contributed by atoms with Crippen molar-refractivity contribution in [1.29, 1.82) is 0 Å². The molecule has 8 heteroatoms. The molecule has 0 saturated carbocycles. The molecule has 0 saturated heterocycles. The summed E-state index contributed by atoms with van der Waals surface area (Å²) in [6.07, 6.45) is 3.39. The molecule has 0 fully saturated rings. The fourth-order valence-electron chi connectivity index (χ4n) is 2.81. The Hall–Kier alpha value is -4.17. The number of para-hydroxylation sites is 1. The lowest BCUT2D eigenvalue weighted by Crippen LogP contribution is -2.17. The molecule has 0 bridgehead atoms. The van der Waals surface area contributed by atoms with Crippen LogP contribution in [-0.4, -0.2) is 26.8 Å². The highest BCUT2D eigenvalue weighted by molar-refractivity contribution is 7.99. The van der Waals surface area contributed by atoms with Gasteiger partial charge in [0, 0.05) is 5.69 Å². The first kappa shape index (κ1) is 22.0. The standard InChI is InChI=1S/C25H20N4O3S/c30-23(26-19-12-14-21(15-13-19)32-20-9-5-2-6-10-20)17-33-25-27-24(31)22(28-29-25)16-11-18-7-3-1-4-8-18/h1-16H,17H2,(H,26,30)(H,27,29,31)/b16-11+. The largest absolute Gasteiger partial charge is 0.457 e. The summed E-state index contributed by atoms with van der Waals surface area (Å²) < 4.78 is 5.74. The molecule has 3 aromatic carbocycles. The van der Waals surface area contributed by atoms with E-state index in [4.69, 9.17) is 4.74 Å². The van der Waals surface area contributed by atoms with Crippen molar-refractivity contribution in [3.05, 3.63) is 107 Å². The highest BCUT2D eigenvalue weighted by atomic mass is 32.2. The number of H-pyrrole nitrogens is 1. The number of thioether (sulfide) groups is 1. The van der Waals surface area contributed by atoms with Gasteiger partial charge in [0.25, 0.3) is 5.56 Å². The zero-order valence-corrected chi connectivity index (χ0v) is 18.3. The van der Waals surface area contributed by atoms with Crippen LogP contribution in [0.1, 0.15) is 11.3 Å². The summed E-state index contributed by atoms with van der Waals surface area (Å²) in [6.45, 7) is 0. The number of hydrogen-bond acceptors (Lipinski definition) is 6. The number of rotatable bonds is 8. The van der Waals surface area contributed by atoms with Crippen molar-refractivity contribution in [1.82, 2.24) is 15.2 Å². The third kappa shape index (κ3) is 6.65. The minimum atomic E-state index is -0.367. The van der Waals surface area contributed by atoms with Crippen LogP contribution in [0.4, 0.5) is 5.69 Å². The van der Waals surface area contributed by atoms with Crippen LogP contribution in [0, 0.1) is 0 Å². The normalized spacial score (nSPS) is 10.8. The molecule has 4 aromatic rings. The average molecular weight is 457 g/mol. The number of anilines is 1. The van der Waals surface area contributed by atoms with Gasteiger partial charge in [-0.2, -0.15) is 0 Å². The lowest BCUT2D eigenvalue weighted by atomic mass is 10.2. The summed E-state index contributed by atoms with van der Waals surface area (Å²) in [5, 5.41) is 11.0. The van der Waals surface area contributed by atoms with E-state index in [2.05, 4.69) is 20.5 Å². The van der Waals surface area contributed by atoms with E-state index in [0.29, 0.717) is 11.4 Å². The molecule has 164 valence electrons. The maximum Gasteiger partial charge on any atom is 0.277 e. The zero-order chi connectivity index (χ0) is 22.9. The third-order valence-corrected chi connectivity index (χ3v) is 5.26. The maximum absolute atomic E-state index is 12.3. The zero-order valence-electron chi connectivity index (χ0n) is 17.5. The molecular formula is C25H20N4O3S. The van der Waals surface area contributed by atoms with Gasteiger partial charge in [0.15, 0.2) is 10.9 Å². The van der Waals surface area contributed by atoms with Crippen molar-refractivity contribution in [2.45, 2.75) is 5.16 Å². The Morgan fingerprint density at radius 2 is 1.55 bits per heavy atom. The van der Waals surface area contributed by atoms with Crippen LogP contribution < -0.4 is 15.6 Å². The van der Waals surface area contributed by atoms with E-state index < -0.39 is 0 Å². The molecule has 1 heterocycles. The van der Waals surface area contributed by atoms with Crippen LogP contribution >= 0.6 is 11.8 Å². The first-order valence-electron chi connectivity index (χ1n) is 10.1. The van der Waals surface area contributed by atoms with Gasteiger partial charge < -0.3 is 10.1 Å². The molecule has 2 N–H and O–H groups in total. The minimum absolute atomic E-state index is 0.0755. The van der Waals surface area contributed by atoms with E-state index in [-0.39, 0.29) is 28.1 Å². The molecule has 0 unspecified atom stereocenters. The van der Waals surface area contributed by atoms with E-state index in [1.54, 1.807) is 36.4 Å². The number of carbonyl (C=O) groups is 1. The molecule has 1 aromatic heterocycles. The molecule has 33 heavy (non-hydrogen) atoms. The molecule has 0 aliphatic heterocycles. The van der Waals surface area contributed by atoms with E-state index in [1.807, 2.05) is 60.7 Å². The summed E-state index contributed by atoms with van der Waals surface area (Å²) in [4.78, 5) is 27.1. The monoisotopic (exact) mass is 456 g/mol. The highest BCUT2D eigenvalue weighted by Crippen LogP contribution is 2.22. The van der Waals surface area contributed by atoms with Gasteiger partial charge in [-0.15, -0.1) is 10.2 Å². The summed E-state index contributed by atoms with van der Waals surface area (Å²) in [5.74, 6) is 1.25. The Balaban J connectivity index is 1.28. The first-order chi connectivity index (χ1) is 16.2. The van der Waals surface area contributed by atoms with E-state index in [0.717, 1.165) is 23.1 Å². The number of amides is 1. The second-order valence-electron chi connectivity index (χ2n) is 6.86. The minimum Gasteiger partial charge on any atom is -0.457 e. The molecular weight excluding hydrogens is 436 g/mol. The van der Waals surface area contributed by atoms with E-state index in [1.165, 1.54) is 0 Å². The van der Waals surface area contributed by atoms with Gasteiger partial charge in [-0.1, -0.05) is 66.4 Å². The van der Waals surface area contributed by atoms with Gasteiger partial charge in [-0.05, 0) is 48.0 Å².